The van der Waals surface area contributed by atoms with Gasteiger partial charge in [-0.25, -0.2) is 9.78 Å². The molecule has 21 heavy (non-hydrogen) atoms. The molecule has 2 fully saturated rings. The fourth-order valence-electron chi connectivity index (χ4n) is 3.91. The number of nitrogens with zero attached hydrogens (tertiary/aromatic N) is 3. The van der Waals surface area contributed by atoms with Crippen LogP contribution in [0.25, 0.3) is 11.0 Å². The molecule has 110 valence electrons. The van der Waals surface area contributed by atoms with E-state index in [2.05, 4.69) is 14.5 Å². The van der Waals surface area contributed by atoms with Gasteiger partial charge in [0, 0.05) is 18.6 Å². The molecular formula is C16H19N3O2. The van der Waals surface area contributed by atoms with Crippen molar-refractivity contribution in [1.29, 1.82) is 0 Å². The van der Waals surface area contributed by atoms with E-state index in [0.29, 0.717) is 11.6 Å². The molecule has 1 aromatic heterocycles. The standard InChI is InChI=1S/C16H19N3O2/c20-16(21)11-3-4-15-14(8-11)17-10-19(15)13-5-7-18-6-1-2-12(18)9-13/h3-4,8,10,12-13H,1-2,5-7,9H2,(H,20,21). The minimum atomic E-state index is -0.897. The third kappa shape index (κ3) is 2.12. The topological polar surface area (TPSA) is 58.4 Å². The number of aromatic nitrogens is 2. The Labute approximate surface area is 123 Å². The second-order valence-corrected chi connectivity index (χ2v) is 6.17. The third-order valence-electron chi connectivity index (χ3n) is 5.01. The van der Waals surface area contributed by atoms with Crippen molar-refractivity contribution in [2.45, 2.75) is 37.8 Å². The number of rotatable bonds is 2. The summed E-state index contributed by atoms with van der Waals surface area (Å²) in [5.74, 6) is -0.897. The van der Waals surface area contributed by atoms with Gasteiger partial charge in [-0.1, -0.05) is 0 Å². The quantitative estimate of drug-likeness (QED) is 0.921. The molecular weight excluding hydrogens is 266 g/mol. The van der Waals surface area contributed by atoms with Crippen LogP contribution in [0.1, 0.15) is 42.1 Å². The molecule has 1 N–H and O–H groups in total. The number of imidazole rings is 1. The average Bonchev–Trinajstić information content (AvgIpc) is 3.12. The minimum absolute atomic E-state index is 0.304. The highest BCUT2D eigenvalue weighted by Crippen LogP contribution is 2.34. The first kappa shape index (κ1) is 12.8. The molecule has 2 unspecified atom stereocenters. The van der Waals surface area contributed by atoms with Crippen molar-refractivity contribution in [2.75, 3.05) is 13.1 Å². The van der Waals surface area contributed by atoms with Crippen LogP contribution in [0.5, 0.6) is 0 Å². The molecule has 3 heterocycles. The van der Waals surface area contributed by atoms with Gasteiger partial charge in [0.1, 0.15) is 0 Å². The van der Waals surface area contributed by atoms with Crippen LogP contribution < -0.4 is 0 Å². The highest BCUT2D eigenvalue weighted by Gasteiger charge is 2.32. The minimum Gasteiger partial charge on any atom is -0.478 e. The van der Waals surface area contributed by atoms with Gasteiger partial charge >= 0.3 is 5.97 Å². The number of hydrogen-bond acceptors (Lipinski definition) is 3. The Bertz CT molecular complexity index is 694. The summed E-state index contributed by atoms with van der Waals surface area (Å²) in [4.78, 5) is 18.1. The molecule has 5 heteroatoms. The van der Waals surface area contributed by atoms with Crippen LogP contribution in [0.3, 0.4) is 0 Å². The largest absolute Gasteiger partial charge is 0.478 e. The molecule has 5 nitrogen and oxygen atoms in total. The number of aromatic carboxylic acids is 1. The fourth-order valence-corrected chi connectivity index (χ4v) is 3.91. The molecule has 2 atom stereocenters. The van der Waals surface area contributed by atoms with Gasteiger partial charge in [-0.2, -0.15) is 0 Å². The predicted molar refractivity (Wildman–Crippen MR) is 79.6 cm³/mol. The normalized spacial score (nSPS) is 26.1. The number of carbonyl (C=O) groups is 1. The van der Waals surface area contributed by atoms with E-state index in [1.807, 2.05) is 12.4 Å². The molecule has 2 aliphatic rings. The maximum Gasteiger partial charge on any atom is 0.335 e. The Kier molecular flexibility index (Phi) is 2.96. The van der Waals surface area contributed by atoms with E-state index in [1.54, 1.807) is 12.1 Å². The van der Waals surface area contributed by atoms with Crippen LogP contribution in [0, 0.1) is 0 Å². The smallest absolute Gasteiger partial charge is 0.335 e. The fraction of sp³-hybridized carbons (Fsp3) is 0.500. The second-order valence-electron chi connectivity index (χ2n) is 6.17. The van der Waals surface area contributed by atoms with Crippen molar-refractivity contribution in [1.82, 2.24) is 14.5 Å². The first-order valence-corrected chi connectivity index (χ1v) is 7.66. The Balaban J connectivity index is 1.66. The summed E-state index contributed by atoms with van der Waals surface area (Å²) in [5, 5.41) is 9.06. The average molecular weight is 285 g/mol. The number of carboxylic acid groups (broad SMARTS) is 1. The molecule has 2 saturated heterocycles. The van der Waals surface area contributed by atoms with E-state index < -0.39 is 5.97 Å². The molecule has 0 radical (unpaired) electrons. The highest BCUT2D eigenvalue weighted by molar-refractivity contribution is 5.92. The summed E-state index contributed by atoms with van der Waals surface area (Å²) in [7, 11) is 0. The lowest BCUT2D eigenvalue weighted by molar-refractivity contribution is 0.0697. The van der Waals surface area contributed by atoms with E-state index in [9.17, 15) is 4.79 Å². The van der Waals surface area contributed by atoms with Gasteiger partial charge in [0.05, 0.1) is 22.9 Å². The molecule has 0 spiro atoms. The van der Waals surface area contributed by atoms with Crippen LogP contribution >= 0.6 is 0 Å². The van der Waals surface area contributed by atoms with Crippen LogP contribution in [0.15, 0.2) is 24.5 Å². The van der Waals surface area contributed by atoms with Gasteiger partial charge in [-0.15, -0.1) is 0 Å². The maximum atomic E-state index is 11.0. The zero-order valence-corrected chi connectivity index (χ0v) is 11.9. The van der Waals surface area contributed by atoms with Crippen LogP contribution in [0.4, 0.5) is 0 Å². The molecule has 2 aromatic rings. The third-order valence-corrected chi connectivity index (χ3v) is 5.01. The Morgan fingerprint density at radius 1 is 1.24 bits per heavy atom. The molecule has 2 aliphatic heterocycles. The van der Waals surface area contributed by atoms with Gasteiger partial charge < -0.3 is 14.6 Å². The summed E-state index contributed by atoms with van der Waals surface area (Å²) >= 11 is 0. The van der Waals surface area contributed by atoms with Gasteiger partial charge in [0.15, 0.2) is 0 Å². The number of fused-ring (bicyclic) bond motifs is 2. The number of carboxylic acids is 1. The predicted octanol–water partition coefficient (Wildman–Crippen LogP) is 2.53. The Hall–Kier alpha value is -1.88. The number of benzene rings is 1. The van der Waals surface area contributed by atoms with E-state index in [0.717, 1.165) is 23.5 Å². The lowest BCUT2D eigenvalue weighted by Crippen LogP contribution is -2.38. The summed E-state index contributed by atoms with van der Waals surface area (Å²) < 4.78 is 2.25. The van der Waals surface area contributed by atoms with Crippen molar-refractivity contribution >= 4 is 17.0 Å². The number of piperidine rings is 1. The van der Waals surface area contributed by atoms with Gasteiger partial charge in [0.25, 0.3) is 0 Å². The molecule has 0 bridgehead atoms. The monoisotopic (exact) mass is 285 g/mol. The Morgan fingerprint density at radius 3 is 3.00 bits per heavy atom. The van der Waals surface area contributed by atoms with Gasteiger partial charge in [-0.3, -0.25) is 0 Å². The van der Waals surface area contributed by atoms with Crippen molar-refractivity contribution in [3.8, 4) is 0 Å². The number of hydrogen-bond donors (Lipinski definition) is 1. The van der Waals surface area contributed by atoms with Crippen LogP contribution in [-0.4, -0.2) is 44.7 Å². The Morgan fingerprint density at radius 2 is 2.14 bits per heavy atom. The van der Waals surface area contributed by atoms with Crippen molar-refractivity contribution in [3.63, 3.8) is 0 Å². The van der Waals surface area contributed by atoms with Crippen molar-refractivity contribution in [3.05, 3.63) is 30.1 Å². The SMILES string of the molecule is O=C(O)c1ccc2c(c1)ncn2C1CCN2CCCC2C1. The van der Waals surface area contributed by atoms with Crippen molar-refractivity contribution in [2.24, 2.45) is 0 Å². The molecule has 4 rings (SSSR count). The zero-order valence-electron chi connectivity index (χ0n) is 11.9. The molecule has 0 aliphatic carbocycles. The summed E-state index contributed by atoms with van der Waals surface area (Å²) in [6, 6.07) is 6.45. The first-order valence-electron chi connectivity index (χ1n) is 7.66. The van der Waals surface area contributed by atoms with Gasteiger partial charge in [-0.05, 0) is 50.4 Å². The van der Waals surface area contributed by atoms with E-state index >= 15 is 0 Å². The van der Waals surface area contributed by atoms with E-state index in [4.69, 9.17) is 5.11 Å². The lowest BCUT2D eigenvalue weighted by atomic mass is 9.97. The summed E-state index contributed by atoms with van der Waals surface area (Å²) in [6.45, 7) is 2.42. The second kappa shape index (κ2) is 4.84. The molecule has 0 amide bonds. The first-order chi connectivity index (χ1) is 10.2. The molecule has 0 saturated carbocycles. The highest BCUT2D eigenvalue weighted by atomic mass is 16.4. The van der Waals surface area contributed by atoms with E-state index in [-0.39, 0.29) is 0 Å². The van der Waals surface area contributed by atoms with Crippen LogP contribution in [-0.2, 0) is 0 Å². The summed E-state index contributed by atoms with van der Waals surface area (Å²) in [6.07, 6.45) is 6.86. The van der Waals surface area contributed by atoms with Crippen LogP contribution in [0.2, 0.25) is 0 Å². The molecule has 1 aromatic carbocycles. The lowest BCUT2D eigenvalue weighted by Gasteiger charge is -2.35. The van der Waals surface area contributed by atoms with E-state index in [1.165, 1.54) is 32.4 Å². The summed E-state index contributed by atoms with van der Waals surface area (Å²) in [5.41, 5.74) is 2.14. The van der Waals surface area contributed by atoms with Crippen molar-refractivity contribution < 1.29 is 9.90 Å². The van der Waals surface area contributed by atoms with Gasteiger partial charge in [0.2, 0.25) is 0 Å². The maximum absolute atomic E-state index is 11.0. The zero-order chi connectivity index (χ0) is 14.4.